The van der Waals surface area contributed by atoms with E-state index in [1.807, 2.05) is 6.92 Å². The van der Waals surface area contributed by atoms with Gasteiger partial charge in [0.15, 0.2) is 0 Å². The summed E-state index contributed by atoms with van der Waals surface area (Å²) in [5.41, 5.74) is 6.50. The number of benzene rings is 1. The summed E-state index contributed by atoms with van der Waals surface area (Å²) in [6, 6.07) is 2.96. The molecule has 20 heavy (non-hydrogen) atoms. The molecule has 0 radical (unpaired) electrons. The maximum atomic E-state index is 13.9. The van der Waals surface area contributed by atoms with E-state index in [1.54, 1.807) is 6.92 Å². The number of halogens is 1. The Bertz CT molecular complexity index is 460. The maximum absolute atomic E-state index is 13.9. The zero-order chi connectivity index (χ0) is 15.1. The molecule has 0 aliphatic carbocycles. The molecule has 1 unspecified atom stereocenters. The van der Waals surface area contributed by atoms with Crippen LogP contribution in [-0.4, -0.2) is 11.9 Å². The summed E-state index contributed by atoms with van der Waals surface area (Å²) >= 11 is 0. The second-order valence-electron chi connectivity index (χ2n) is 5.42. The van der Waals surface area contributed by atoms with Gasteiger partial charge in [-0.25, -0.2) is 4.39 Å². The average molecular weight is 280 g/mol. The lowest BCUT2D eigenvalue weighted by Gasteiger charge is -2.15. The van der Waals surface area contributed by atoms with Gasteiger partial charge in [-0.05, 0) is 38.0 Å². The summed E-state index contributed by atoms with van der Waals surface area (Å²) < 4.78 is 13.9. The van der Waals surface area contributed by atoms with Crippen LogP contribution >= 0.6 is 0 Å². The second-order valence-corrected chi connectivity index (χ2v) is 5.42. The van der Waals surface area contributed by atoms with E-state index in [0.717, 1.165) is 12.8 Å². The highest BCUT2D eigenvalue weighted by molar-refractivity contribution is 5.95. The molecule has 0 aromatic heterocycles. The van der Waals surface area contributed by atoms with Gasteiger partial charge in [0.05, 0.1) is 5.56 Å². The van der Waals surface area contributed by atoms with Crippen LogP contribution in [0.15, 0.2) is 12.1 Å². The van der Waals surface area contributed by atoms with E-state index < -0.39 is 5.82 Å². The molecule has 0 aliphatic heterocycles. The Morgan fingerprint density at radius 2 is 2.05 bits per heavy atom. The Morgan fingerprint density at radius 1 is 1.35 bits per heavy atom. The molecule has 0 aliphatic rings. The number of hydrogen-bond donors (Lipinski definition) is 2. The Hall–Kier alpha value is -1.58. The molecule has 0 bridgehead atoms. The fraction of sp³-hybridized carbons (Fsp3) is 0.562. The number of amides is 1. The number of aryl methyl sites for hydroxylation is 1. The maximum Gasteiger partial charge on any atom is 0.254 e. The molecule has 1 amide bonds. The van der Waals surface area contributed by atoms with Crippen LogP contribution in [0.5, 0.6) is 0 Å². The van der Waals surface area contributed by atoms with Crippen LogP contribution in [-0.2, 0) is 0 Å². The number of nitrogens with two attached hydrogens (primary N) is 1. The van der Waals surface area contributed by atoms with Crippen LogP contribution in [0.2, 0.25) is 0 Å². The molecule has 1 rings (SSSR count). The quantitative estimate of drug-likeness (QED) is 0.589. The third kappa shape index (κ3) is 4.83. The molecule has 1 aromatic rings. The monoisotopic (exact) mass is 280 g/mol. The van der Waals surface area contributed by atoms with Gasteiger partial charge in [-0.2, -0.15) is 0 Å². The number of carbonyl (C=O) groups is 1. The Morgan fingerprint density at radius 3 is 2.70 bits per heavy atom. The Kier molecular flexibility index (Phi) is 6.49. The minimum absolute atomic E-state index is 0.0305. The minimum Gasteiger partial charge on any atom is -0.399 e. The topological polar surface area (TPSA) is 55.1 Å². The number of nitrogen functional groups attached to an aromatic ring is 1. The van der Waals surface area contributed by atoms with Gasteiger partial charge in [-0.15, -0.1) is 0 Å². The van der Waals surface area contributed by atoms with Crippen molar-refractivity contribution in [3.05, 3.63) is 29.1 Å². The molecule has 3 N–H and O–H groups in total. The molecule has 1 aromatic carbocycles. The van der Waals surface area contributed by atoms with Crippen molar-refractivity contribution in [2.45, 2.75) is 58.9 Å². The van der Waals surface area contributed by atoms with Crippen molar-refractivity contribution in [1.82, 2.24) is 5.32 Å². The molecule has 1 atom stereocenters. The molecule has 0 spiro atoms. The summed E-state index contributed by atoms with van der Waals surface area (Å²) in [5, 5.41) is 2.83. The van der Waals surface area contributed by atoms with E-state index in [9.17, 15) is 9.18 Å². The van der Waals surface area contributed by atoms with Crippen molar-refractivity contribution >= 4 is 11.6 Å². The van der Waals surface area contributed by atoms with Gasteiger partial charge in [-0.1, -0.05) is 32.6 Å². The van der Waals surface area contributed by atoms with Gasteiger partial charge in [0.1, 0.15) is 5.82 Å². The van der Waals surface area contributed by atoms with Gasteiger partial charge >= 0.3 is 0 Å². The van der Waals surface area contributed by atoms with E-state index in [4.69, 9.17) is 5.73 Å². The number of anilines is 1. The van der Waals surface area contributed by atoms with Crippen molar-refractivity contribution in [2.24, 2.45) is 0 Å². The van der Waals surface area contributed by atoms with Crippen LogP contribution in [0, 0.1) is 12.7 Å². The van der Waals surface area contributed by atoms with Crippen molar-refractivity contribution in [2.75, 3.05) is 5.73 Å². The van der Waals surface area contributed by atoms with Crippen molar-refractivity contribution in [3.8, 4) is 0 Å². The first-order valence-electron chi connectivity index (χ1n) is 7.32. The number of carbonyl (C=O) groups excluding carboxylic acids is 1. The van der Waals surface area contributed by atoms with E-state index in [2.05, 4.69) is 12.2 Å². The lowest BCUT2D eigenvalue weighted by atomic mass is 10.1. The van der Waals surface area contributed by atoms with E-state index in [-0.39, 0.29) is 17.5 Å². The van der Waals surface area contributed by atoms with E-state index >= 15 is 0 Å². The molecule has 0 heterocycles. The normalized spacial score (nSPS) is 12.2. The number of hydrogen-bond acceptors (Lipinski definition) is 2. The summed E-state index contributed by atoms with van der Waals surface area (Å²) in [7, 11) is 0. The van der Waals surface area contributed by atoms with E-state index in [0.29, 0.717) is 11.3 Å². The first kappa shape index (κ1) is 16.5. The number of rotatable bonds is 7. The highest BCUT2D eigenvalue weighted by Crippen LogP contribution is 2.17. The zero-order valence-electron chi connectivity index (χ0n) is 12.6. The Labute approximate surface area is 120 Å². The van der Waals surface area contributed by atoms with Gasteiger partial charge in [-0.3, -0.25) is 4.79 Å². The van der Waals surface area contributed by atoms with Gasteiger partial charge in [0.25, 0.3) is 5.91 Å². The predicted molar refractivity (Wildman–Crippen MR) is 81.2 cm³/mol. The van der Waals surface area contributed by atoms with Crippen molar-refractivity contribution < 1.29 is 9.18 Å². The van der Waals surface area contributed by atoms with Crippen LogP contribution < -0.4 is 11.1 Å². The van der Waals surface area contributed by atoms with E-state index in [1.165, 1.54) is 31.4 Å². The largest absolute Gasteiger partial charge is 0.399 e. The molecular formula is C16H25FN2O. The molecule has 112 valence electrons. The molecule has 4 heteroatoms. The minimum atomic E-state index is -0.491. The molecular weight excluding hydrogens is 255 g/mol. The summed E-state index contributed by atoms with van der Waals surface area (Å²) in [4.78, 5) is 12.1. The highest BCUT2D eigenvalue weighted by atomic mass is 19.1. The first-order valence-corrected chi connectivity index (χ1v) is 7.32. The first-order chi connectivity index (χ1) is 9.45. The SMILES string of the molecule is CCCCCCC(C)NC(=O)c1cc(N)cc(C)c1F. The van der Waals surface area contributed by atoms with Crippen LogP contribution in [0.1, 0.15) is 61.9 Å². The average Bonchev–Trinajstić information content (AvgIpc) is 2.38. The number of unbranched alkanes of at least 4 members (excludes halogenated alkanes) is 3. The summed E-state index contributed by atoms with van der Waals surface area (Å²) in [6.07, 6.45) is 5.56. The molecule has 0 fully saturated rings. The van der Waals surface area contributed by atoms with Gasteiger partial charge in [0, 0.05) is 11.7 Å². The van der Waals surface area contributed by atoms with Crippen LogP contribution in [0.3, 0.4) is 0 Å². The lowest BCUT2D eigenvalue weighted by molar-refractivity contribution is 0.0933. The Balaban J connectivity index is 2.58. The fourth-order valence-corrected chi connectivity index (χ4v) is 2.21. The lowest BCUT2D eigenvalue weighted by Crippen LogP contribution is -2.33. The van der Waals surface area contributed by atoms with Crippen LogP contribution in [0.25, 0.3) is 0 Å². The standard InChI is InChI=1S/C16H25FN2O/c1-4-5-6-7-8-12(3)19-16(20)14-10-13(18)9-11(2)15(14)17/h9-10,12H,4-8,18H2,1-3H3,(H,19,20). The summed E-state index contributed by atoms with van der Waals surface area (Å²) in [6.45, 7) is 5.72. The smallest absolute Gasteiger partial charge is 0.254 e. The van der Waals surface area contributed by atoms with Crippen molar-refractivity contribution in [3.63, 3.8) is 0 Å². The van der Waals surface area contributed by atoms with Crippen molar-refractivity contribution in [1.29, 1.82) is 0 Å². The number of nitrogens with one attached hydrogen (secondary N) is 1. The highest BCUT2D eigenvalue weighted by Gasteiger charge is 2.16. The van der Waals surface area contributed by atoms with Gasteiger partial charge < -0.3 is 11.1 Å². The predicted octanol–water partition coefficient (Wildman–Crippen LogP) is 3.81. The third-order valence-electron chi connectivity index (χ3n) is 3.39. The molecule has 0 saturated carbocycles. The summed E-state index contributed by atoms with van der Waals surface area (Å²) in [5.74, 6) is -0.879. The molecule has 0 saturated heterocycles. The van der Waals surface area contributed by atoms with Crippen LogP contribution in [0.4, 0.5) is 10.1 Å². The fourth-order valence-electron chi connectivity index (χ4n) is 2.21. The van der Waals surface area contributed by atoms with Gasteiger partial charge in [0.2, 0.25) is 0 Å². The molecule has 3 nitrogen and oxygen atoms in total. The zero-order valence-corrected chi connectivity index (χ0v) is 12.6. The third-order valence-corrected chi connectivity index (χ3v) is 3.39. The second kappa shape index (κ2) is 7.88.